The third-order valence-electron chi connectivity index (χ3n) is 18.2. The summed E-state index contributed by atoms with van der Waals surface area (Å²) >= 11 is 0. The molecule has 2 aromatic rings. The van der Waals surface area contributed by atoms with Gasteiger partial charge >= 0.3 is 5.97 Å². The lowest BCUT2D eigenvalue weighted by atomic mass is 9.64. The van der Waals surface area contributed by atoms with Crippen LogP contribution in [0.3, 0.4) is 0 Å². The van der Waals surface area contributed by atoms with Crippen LogP contribution in [-0.4, -0.2) is 94.0 Å². The third-order valence-corrected chi connectivity index (χ3v) is 19.0. The second kappa shape index (κ2) is 18.5. The number of fused-ring (bicyclic) bond motifs is 20. The van der Waals surface area contributed by atoms with Crippen molar-refractivity contribution in [1.82, 2.24) is 42.5 Å². The predicted molar refractivity (Wildman–Crippen MR) is 248 cm³/mol. The van der Waals surface area contributed by atoms with Gasteiger partial charge in [-0.1, -0.05) is 51.0 Å². The van der Waals surface area contributed by atoms with Gasteiger partial charge in [-0.3, -0.25) is 47.3 Å². The first-order valence-corrected chi connectivity index (χ1v) is 25.8. The van der Waals surface area contributed by atoms with Gasteiger partial charge in [0.05, 0.1) is 93.0 Å². The zero-order valence-corrected chi connectivity index (χ0v) is 39.8. The highest BCUT2D eigenvalue weighted by Crippen LogP contribution is 2.52. The van der Waals surface area contributed by atoms with Crippen molar-refractivity contribution in [3.05, 3.63) is 42.0 Å². The van der Waals surface area contributed by atoms with E-state index in [1.807, 2.05) is 18.2 Å². The summed E-state index contributed by atoms with van der Waals surface area (Å²) in [5, 5.41) is 32.8. The van der Waals surface area contributed by atoms with E-state index in [0.29, 0.717) is 70.4 Å². The van der Waals surface area contributed by atoms with E-state index in [1.54, 1.807) is 46.6 Å². The fraction of sp³-hybridized carbons (Fsp3) is 0.740. The monoisotopic (exact) mass is 910 g/mol. The topological polar surface area (TPSA) is 159 Å². The molecule has 8 N–H and O–H groups in total. The van der Waals surface area contributed by atoms with Crippen LogP contribution in [-0.2, 0) is 9.83 Å². The van der Waals surface area contributed by atoms with E-state index in [-0.39, 0.29) is 66.9 Å². The number of rotatable bonds is 8. The van der Waals surface area contributed by atoms with Crippen LogP contribution in [0.25, 0.3) is 0 Å². The van der Waals surface area contributed by atoms with Gasteiger partial charge < -0.3 is 23.7 Å². The molecule has 18 atom stereocenters. The van der Waals surface area contributed by atoms with E-state index in [4.69, 9.17) is 23.7 Å². The molecule has 65 heavy (non-hydrogen) atoms. The summed E-state index contributed by atoms with van der Waals surface area (Å²) in [4.78, 5) is 15.4. The smallest absolute Gasteiger partial charge is 0.318 e. The SMILES string of the molecule is COc1ccc(OC(=O)C([Si])(c2ccc(OC)c(OC)c2)C2CCCC3C4NC5NC(NC6NC(NC7NC(NC(N4)C32)C2CCCCC72)C2CCCCC62)C2CCCCC52)cc1OC. The molecule has 3 radical (unpaired) electrons. The second-order valence-corrected chi connectivity index (χ2v) is 21.8. The molecule has 4 aliphatic carbocycles. The van der Waals surface area contributed by atoms with E-state index in [0.717, 1.165) is 24.8 Å². The van der Waals surface area contributed by atoms with Crippen molar-refractivity contribution in [3.8, 4) is 28.7 Å². The molecule has 2 aromatic carbocycles. The summed E-state index contributed by atoms with van der Waals surface area (Å²) in [5.74, 6) is 5.75. The first-order chi connectivity index (χ1) is 31.8. The van der Waals surface area contributed by atoms with Gasteiger partial charge in [-0.25, -0.2) is 0 Å². The van der Waals surface area contributed by atoms with Gasteiger partial charge in [0.2, 0.25) is 0 Å². The van der Waals surface area contributed by atoms with Crippen LogP contribution in [0.2, 0.25) is 0 Å². The Bertz CT molecular complexity index is 2030. The Morgan fingerprint density at radius 3 is 1.26 bits per heavy atom. The Balaban J connectivity index is 0.985. The summed E-state index contributed by atoms with van der Waals surface area (Å²) < 4.78 is 29.3. The molecule has 9 aliphatic rings. The first kappa shape index (κ1) is 44.5. The van der Waals surface area contributed by atoms with Crippen LogP contribution >= 0.6 is 0 Å². The molecule has 5 saturated heterocycles. The molecule has 5 heterocycles. The maximum absolute atomic E-state index is 15.4. The number of carbonyl (C=O) groups excluding carboxylic acids is 1. The molecule has 8 bridgehead atoms. The van der Waals surface area contributed by atoms with Gasteiger partial charge in [0, 0.05) is 6.07 Å². The van der Waals surface area contributed by atoms with Crippen molar-refractivity contribution >= 4 is 16.2 Å². The van der Waals surface area contributed by atoms with E-state index < -0.39 is 5.04 Å². The van der Waals surface area contributed by atoms with Crippen LogP contribution in [0.4, 0.5) is 0 Å². The lowest BCUT2D eigenvalue weighted by Crippen LogP contribution is -2.62. The minimum Gasteiger partial charge on any atom is -0.493 e. The number of nitrogens with one attached hydrogen (secondary N) is 8. The van der Waals surface area contributed by atoms with Gasteiger partial charge in [0.15, 0.2) is 23.0 Å². The summed E-state index contributed by atoms with van der Waals surface area (Å²) in [6.45, 7) is 0. The van der Waals surface area contributed by atoms with E-state index in [1.165, 1.54) is 77.0 Å². The largest absolute Gasteiger partial charge is 0.493 e. The Morgan fingerprint density at radius 2 is 0.831 bits per heavy atom. The van der Waals surface area contributed by atoms with Crippen molar-refractivity contribution in [2.45, 2.75) is 151 Å². The average Bonchev–Trinajstić information content (AvgIpc) is 4.09. The minimum atomic E-state index is -1.26. The van der Waals surface area contributed by atoms with E-state index in [2.05, 4.69) is 52.8 Å². The lowest BCUT2D eigenvalue weighted by molar-refractivity contribution is -0.141. The number of ether oxygens (including phenoxy) is 5. The van der Waals surface area contributed by atoms with E-state index >= 15 is 4.79 Å². The third kappa shape index (κ3) is 7.90. The fourth-order valence-corrected chi connectivity index (χ4v) is 15.7. The van der Waals surface area contributed by atoms with Gasteiger partial charge in [0.1, 0.15) is 5.75 Å². The molecule has 18 unspecified atom stereocenters. The standard InChI is InChI=1S/C50H73N8O6Si/c1-60-36-22-20-26(24-38(36)62-3)50(65,49(59)64-27-21-23-37(61-2)39(25-27)63-4)35-19-11-18-34-40(35)48-57-46-33-17-10-9-16-32(33)44(55-46)53-42-29-13-6-5-12-28(29)41(51-42)52-43-30-14-7-8-15-31(30)45(54-43)56-47(34)58-48/h20-25,28-35,40-48,51-58H,5-19H2,1-4H3. The van der Waals surface area contributed by atoms with Crippen LogP contribution in [0.5, 0.6) is 28.7 Å². The molecular weight excluding hydrogens is 837 g/mol. The number of benzene rings is 2. The van der Waals surface area contributed by atoms with Gasteiger partial charge in [-0.2, -0.15) is 0 Å². The highest BCUT2D eigenvalue weighted by atomic mass is 28.1. The Hall–Kier alpha value is -2.99. The number of carbonyl (C=O) groups is 1. The zero-order chi connectivity index (χ0) is 44.4. The summed E-state index contributed by atoms with van der Waals surface area (Å²) in [6.07, 6.45) is 19.4. The number of methoxy groups -OCH3 is 4. The molecule has 353 valence electrons. The molecule has 14 nitrogen and oxygen atoms in total. The highest BCUT2D eigenvalue weighted by molar-refractivity contribution is 6.28. The molecule has 9 fully saturated rings. The van der Waals surface area contributed by atoms with Crippen LogP contribution in [0.1, 0.15) is 102 Å². The molecular formula is C50H73N8O6Si. The highest BCUT2D eigenvalue weighted by Gasteiger charge is 2.60. The molecule has 15 heteroatoms. The molecule has 11 rings (SSSR count). The quantitative estimate of drug-likeness (QED) is 0.106. The lowest BCUT2D eigenvalue weighted by Gasteiger charge is -2.47. The van der Waals surface area contributed by atoms with Gasteiger partial charge in [-0.15, -0.1) is 0 Å². The van der Waals surface area contributed by atoms with Crippen LogP contribution in [0, 0.1) is 53.3 Å². The summed E-state index contributed by atoms with van der Waals surface area (Å²) in [6, 6.07) is 11.1. The normalized spacial score (nSPS) is 41.8. The molecule has 0 amide bonds. The van der Waals surface area contributed by atoms with Crippen molar-refractivity contribution in [2.24, 2.45) is 53.3 Å². The first-order valence-electron chi connectivity index (χ1n) is 25.3. The fourth-order valence-electron chi connectivity index (χ4n) is 15.2. The van der Waals surface area contributed by atoms with E-state index in [9.17, 15) is 0 Å². The van der Waals surface area contributed by atoms with Gasteiger partial charge in [0.25, 0.3) is 0 Å². The number of esters is 1. The summed E-state index contributed by atoms with van der Waals surface area (Å²) in [7, 11) is 10.8. The van der Waals surface area contributed by atoms with Crippen molar-refractivity contribution in [1.29, 1.82) is 0 Å². The van der Waals surface area contributed by atoms with Crippen molar-refractivity contribution in [2.75, 3.05) is 28.4 Å². The number of hydrogen-bond acceptors (Lipinski definition) is 14. The van der Waals surface area contributed by atoms with Gasteiger partial charge in [-0.05, 0) is 134 Å². The maximum Gasteiger partial charge on any atom is 0.318 e. The predicted octanol–water partition coefficient (Wildman–Crippen LogP) is 4.54. The minimum absolute atomic E-state index is 0.0319. The molecule has 4 saturated carbocycles. The Kier molecular flexibility index (Phi) is 12.7. The second-order valence-electron chi connectivity index (χ2n) is 21.1. The maximum atomic E-state index is 15.4. The van der Waals surface area contributed by atoms with Crippen molar-refractivity contribution in [3.63, 3.8) is 0 Å². The molecule has 5 aliphatic heterocycles. The average molecular weight is 910 g/mol. The van der Waals surface area contributed by atoms with Crippen molar-refractivity contribution < 1.29 is 28.5 Å². The summed E-state index contributed by atoms with van der Waals surface area (Å²) in [5.41, 5.74) is 0.770. The van der Waals surface area contributed by atoms with Crippen LogP contribution in [0.15, 0.2) is 36.4 Å². The molecule has 0 aromatic heterocycles. The Morgan fingerprint density at radius 1 is 0.462 bits per heavy atom. The molecule has 0 spiro atoms. The zero-order valence-electron chi connectivity index (χ0n) is 38.8. The number of hydrogen-bond donors (Lipinski definition) is 8. The Labute approximate surface area is 389 Å². The van der Waals surface area contributed by atoms with Crippen LogP contribution < -0.4 is 66.2 Å².